The minimum atomic E-state index is -0.945. The SMILES string of the molecule is COC(Cc1ccnn1CC(C)C)C(=O)O. The van der Waals surface area contributed by atoms with E-state index in [0.717, 1.165) is 12.2 Å². The Morgan fingerprint density at radius 1 is 1.62 bits per heavy atom. The van der Waals surface area contributed by atoms with Gasteiger partial charge >= 0.3 is 5.97 Å². The molecule has 1 rings (SSSR count). The Morgan fingerprint density at radius 3 is 2.81 bits per heavy atom. The standard InChI is InChI=1S/C11H18N2O3/c1-8(2)7-13-9(4-5-12-13)6-10(16-3)11(14)15/h4-5,8,10H,6-7H2,1-3H3,(H,14,15). The average molecular weight is 226 g/mol. The molecule has 5 nitrogen and oxygen atoms in total. The number of aromatic nitrogens is 2. The molecule has 0 saturated heterocycles. The number of carboxylic acid groups (broad SMARTS) is 1. The number of carboxylic acids is 1. The van der Waals surface area contributed by atoms with Crippen molar-refractivity contribution < 1.29 is 14.6 Å². The quantitative estimate of drug-likeness (QED) is 0.791. The van der Waals surface area contributed by atoms with E-state index in [-0.39, 0.29) is 0 Å². The maximum Gasteiger partial charge on any atom is 0.333 e. The number of hydrogen-bond acceptors (Lipinski definition) is 3. The first-order valence-corrected chi connectivity index (χ1v) is 5.31. The second-order valence-corrected chi connectivity index (χ2v) is 4.17. The maximum atomic E-state index is 10.8. The van der Waals surface area contributed by atoms with Gasteiger partial charge in [-0.15, -0.1) is 0 Å². The van der Waals surface area contributed by atoms with E-state index in [0.29, 0.717) is 12.3 Å². The van der Waals surface area contributed by atoms with Gasteiger partial charge in [0.05, 0.1) is 0 Å². The molecule has 0 aliphatic rings. The number of carbonyl (C=O) groups is 1. The number of hydrogen-bond donors (Lipinski definition) is 1. The molecule has 16 heavy (non-hydrogen) atoms. The van der Waals surface area contributed by atoms with Crippen LogP contribution in [0.1, 0.15) is 19.5 Å². The number of nitrogens with zero attached hydrogens (tertiary/aromatic N) is 2. The molecule has 0 spiro atoms. The van der Waals surface area contributed by atoms with Crippen LogP contribution in [0.4, 0.5) is 0 Å². The van der Waals surface area contributed by atoms with Gasteiger partial charge in [0.25, 0.3) is 0 Å². The molecule has 1 aromatic heterocycles. The molecular weight excluding hydrogens is 208 g/mol. The lowest BCUT2D eigenvalue weighted by atomic mass is 10.2. The molecule has 1 aromatic rings. The summed E-state index contributed by atoms with van der Waals surface area (Å²) in [6.45, 7) is 4.98. The molecule has 0 saturated carbocycles. The van der Waals surface area contributed by atoms with Gasteiger partial charge in [0, 0.05) is 32.0 Å². The van der Waals surface area contributed by atoms with E-state index in [1.54, 1.807) is 6.20 Å². The number of rotatable bonds is 6. The van der Waals surface area contributed by atoms with Gasteiger partial charge in [0.15, 0.2) is 6.10 Å². The molecule has 0 aliphatic heterocycles. The van der Waals surface area contributed by atoms with Crippen LogP contribution < -0.4 is 0 Å². The van der Waals surface area contributed by atoms with Crippen LogP contribution in [-0.4, -0.2) is 34.1 Å². The van der Waals surface area contributed by atoms with Crippen molar-refractivity contribution in [2.75, 3.05) is 7.11 Å². The number of methoxy groups -OCH3 is 1. The van der Waals surface area contributed by atoms with E-state index in [1.165, 1.54) is 7.11 Å². The van der Waals surface area contributed by atoms with Crippen LogP contribution in [0.25, 0.3) is 0 Å². The highest BCUT2D eigenvalue weighted by Gasteiger charge is 2.19. The third-order valence-electron chi connectivity index (χ3n) is 2.30. The van der Waals surface area contributed by atoms with E-state index in [2.05, 4.69) is 18.9 Å². The third kappa shape index (κ3) is 3.34. The summed E-state index contributed by atoms with van der Waals surface area (Å²) in [5.41, 5.74) is 0.892. The van der Waals surface area contributed by atoms with E-state index in [9.17, 15) is 4.79 Å². The van der Waals surface area contributed by atoms with Crippen molar-refractivity contribution >= 4 is 5.97 Å². The monoisotopic (exact) mass is 226 g/mol. The van der Waals surface area contributed by atoms with Gasteiger partial charge in [0.2, 0.25) is 0 Å². The second kappa shape index (κ2) is 5.65. The molecule has 0 bridgehead atoms. The summed E-state index contributed by atoms with van der Waals surface area (Å²) in [7, 11) is 1.40. The first-order chi connectivity index (χ1) is 7.54. The van der Waals surface area contributed by atoms with Gasteiger partial charge in [-0.1, -0.05) is 13.8 Å². The molecule has 0 fully saturated rings. The summed E-state index contributed by atoms with van der Waals surface area (Å²) >= 11 is 0. The van der Waals surface area contributed by atoms with Crippen LogP contribution in [-0.2, 0) is 22.5 Å². The molecular formula is C11H18N2O3. The fraction of sp³-hybridized carbons (Fsp3) is 0.636. The summed E-state index contributed by atoms with van der Waals surface area (Å²) in [6.07, 6.45) is 1.23. The Balaban J connectivity index is 2.72. The van der Waals surface area contributed by atoms with Crippen molar-refractivity contribution in [2.24, 2.45) is 5.92 Å². The molecule has 1 unspecified atom stereocenters. The Bertz CT molecular complexity index is 347. The van der Waals surface area contributed by atoms with Gasteiger partial charge in [-0.05, 0) is 12.0 Å². The minimum absolute atomic E-state index is 0.346. The van der Waals surface area contributed by atoms with Gasteiger partial charge in [-0.2, -0.15) is 5.10 Å². The Kier molecular flexibility index (Phi) is 4.49. The highest BCUT2D eigenvalue weighted by Crippen LogP contribution is 2.08. The van der Waals surface area contributed by atoms with Crippen molar-refractivity contribution in [3.05, 3.63) is 18.0 Å². The predicted molar refractivity (Wildman–Crippen MR) is 59.2 cm³/mol. The fourth-order valence-corrected chi connectivity index (χ4v) is 1.51. The molecule has 0 amide bonds. The average Bonchev–Trinajstić information content (AvgIpc) is 2.60. The summed E-state index contributed by atoms with van der Waals surface area (Å²) in [5.74, 6) is -0.468. The largest absolute Gasteiger partial charge is 0.479 e. The zero-order chi connectivity index (χ0) is 12.1. The molecule has 1 N–H and O–H groups in total. The summed E-state index contributed by atoms with van der Waals surface area (Å²) < 4.78 is 6.74. The van der Waals surface area contributed by atoms with E-state index in [4.69, 9.17) is 9.84 Å². The zero-order valence-corrected chi connectivity index (χ0v) is 9.88. The maximum absolute atomic E-state index is 10.8. The van der Waals surface area contributed by atoms with E-state index >= 15 is 0 Å². The van der Waals surface area contributed by atoms with Crippen molar-refractivity contribution in [1.29, 1.82) is 0 Å². The van der Waals surface area contributed by atoms with E-state index < -0.39 is 12.1 Å². The van der Waals surface area contributed by atoms with Crippen LogP contribution in [0.3, 0.4) is 0 Å². The second-order valence-electron chi connectivity index (χ2n) is 4.17. The molecule has 0 radical (unpaired) electrons. The van der Waals surface area contributed by atoms with Crippen molar-refractivity contribution in [3.63, 3.8) is 0 Å². The Hall–Kier alpha value is -1.36. The molecule has 1 heterocycles. The van der Waals surface area contributed by atoms with Crippen LogP contribution >= 0.6 is 0 Å². The fourth-order valence-electron chi connectivity index (χ4n) is 1.51. The number of aliphatic carboxylic acids is 1. The van der Waals surface area contributed by atoms with Gasteiger partial charge in [-0.25, -0.2) is 4.79 Å². The lowest BCUT2D eigenvalue weighted by Gasteiger charge is -2.13. The van der Waals surface area contributed by atoms with Gasteiger partial charge in [-0.3, -0.25) is 4.68 Å². The topological polar surface area (TPSA) is 64.4 Å². The predicted octanol–water partition coefficient (Wildman–Crippen LogP) is 1.18. The first-order valence-electron chi connectivity index (χ1n) is 5.31. The summed E-state index contributed by atoms with van der Waals surface area (Å²) in [5, 5.41) is 13.1. The highest BCUT2D eigenvalue weighted by atomic mass is 16.5. The number of ether oxygens (including phenoxy) is 1. The minimum Gasteiger partial charge on any atom is -0.479 e. The first kappa shape index (κ1) is 12.7. The van der Waals surface area contributed by atoms with Crippen molar-refractivity contribution in [3.8, 4) is 0 Å². The van der Waals surface area contributed by atoms with E-state index in [1.807, 2.05) is 10.7 Å². The molecule has 90 valence electrons. The normalized spacial score (nSPS) is 13.0. The Labute approximate surface area is 95.0 Å². The van der Waals surface area contributed by atoms with Crippen LogP contribution in [0.5, 0.6) is 0 Å². The van der Waals surface area contributed by atoms with Crippen molar-refractivity contribution in [2.45, 2.75) is 32.9 Å². The zero-order valence-electron chi connectivity index (χ0n) is 9.88. The molecule has 1 atom stereocenters. The van der Waals surface area contributed by atoms with Crippen LogP contribution in [0.15, 0.2) is 12.3 Å². The lowest BCUT2D eigenvalue weighted by molar-refractivity contribution is -0.148. The van der Waals surface area contributed by atoms with Crippen LogP contribution in [0.2, 0.25) is 0 Å². The van der Waals surface area contributed by atoms with Gasteiger partial charge < -0.3 is 9.84 Å². The van der Waals surface area contributed by atoms with Crippen LogP contribution in [0, 0.1) is 5.92 Å². The third-order valence-corrected chi connectivity index (χ3v) is 2.30. The molecule has 5 heteroatoms. The van der Waals surface area contributed by atoms with Crippen molar-refractivity contribution in [1.82, 2.24) is 9.78 Å². The highest BCUT2D eigenvalue weighted by molar-refractivity contribution is 5.72. The lowest BCUT2D eigenvalue weighted by Crippen LogP contribution is -2.26. The summed E-state index contributed by atoms with van der Waals surface area (Å²) in [6, 6.07) is 1.83. The Morgan fingerprint density at radius 2 is 2.31 bits per heavy atom. The molecule has 0 aromatic carbocycles. The molecule has 0 aliphatic carbocycles. The smallest absolute Gasteiger partial charge is 0.333 e. The van der Waals surface area contributed by atoms with Gasteiger partial charge in [0.1, 0.15) is 0 Å². The summed E-state index contributed by atoms with van der Waals surface area (Å²) in [4.78, 5) is 10.8.